The minimum Gasteiger partial charge on any atom is -0.340 e. The number of halogens is 1. The van der Waals surface area contributed by atoms with Gasteiger partial charge in [-0.2, -0.15) is 0 Å². The smallest absolute Gasteiger partial charge is 0.222 e. The first-order valence-corrected chi connectivity index (χ1v) is 9.18. The standard InChI is InChI=1S/C17H32ClNO/c1-2-3-4-5-6-7-8-12-17(20)19-15-10-9-11-16(19)13-14-18/h16H,2-15H2,1H3. The van der Waals surface area contributed by atoms with Crippen LogP contribution >= 0.6 is 11.6 Å². The predicted molar refractivity (Wildman–Crippen MR) is 87.3 cm³/mol. The van der Waals surface area contributed by atoms with Crippen molar-refractivity contribution in [3.8, 4) is 0 Å². The number of carbonyl (C=O) groups excluding carboxylic acids is 1. The topological polar surface area (TPSA) is 20.3 Å². The molecule has 1 unspecified atom stereocenters. The molecule has 1 saturated heterocycles. The molecule has 3 heteroatoms. The van der Waals surface area contributed by atoms with Crippen LogP contribution in [0.4, 0.5) is 0 Å². The Morgan fingerprint density at radius 3 is 2.50 bits per heavy atom. The van der Waals surface area contributed by atoms with Crippen LogP contribution in [-0.2, 0) is 4.79 Å². The molecular formula is C17H32ClNO. The maximum absolute atomic E-state index is 12.3. The summed E-state index contributed by atoms with van der Waals surface area (Å²) in [5, 5.41) is 0. The van der Waals surface area contributed by atoms with Gasteiger partial charge in [0.05, 0.1) is 0 Å². The highest BCUT2D eigenvalue weighted by Gasteiger charge is 2.25. The molecule has 0 spiro atoms. The zero-order chi connectivity index (χ0) is 14.6. The van der Waals surface area contributed by atoms with Crippen LogP contribution in [0.2, 0.25) is 0 Å². The maximum Gasteiger partial charge on any atom is 0.222 e. The van der Waals surface area contributed by atoms with Crippen molar-refractivity contribution < 1.29 is 4.79 Å². The van der Waals surface area contributed by atoms with Gasteiger partial charge in [0.2, 0.25) is 5.91 Å². The Morgan fingerprint density at radius 2 is 1.80 bits per heavy atom. The summed E-state index contributed by atoms with van der Waals surface area (Å²) < 4.78 is 0. The molecule has 1 aliphatic heterocycles. The van der Waals surface area contributed by atoms with Crippen molar-refractivity contribution in [3.63, 3.8) is 0 Å². The van der Waals surface area contributed by atoms with E-state index in [0.717, 1.165) is 32.2 Å². The van der Waals surface area contributed by atoms with E-state index in [1.54, 1.807) is 0 Å². The van der Waals surface area contributed by atoms with E-state index in [1.807, 2.05) is 0 Å². The molecule has 0 aromatic rings. The summed E-state index contributed by atoms with van der Waals surface area (Å²) in [6, 6.07) is 0.415. The van der Waals surface area contributed by atoms with Gasteiger partial charge in [-0.05, 0) is 32.1 Å². The fourth-order valence-corrected chi connectivity index (χ4v) is 3.38. The average molecular weight is 302 g/mol. The van der Waals surface area contributed by atoms with Gasteiger partial charge in [-0.1, -0.05) is 45.4 Å². The number of hydrogen-bond acceptors (Lipinski definition) is 1. The highest BCUT2D eigenvalue weighted by molar-refractivity contribution is 6.17. The number of nitrogens with zero attached hydrogens (tertiary/aromatic N) is 1. The molecule has 0 N–H and O–H groups in total. The number of piperidine rings is 1. The Kier molecular flexibility index (Phi) is 10.2. The SMILES string of the molecule is CCCCCCCCCC(=O)N1CCCCC1CCCl. The normalized spacial score (nSPS) is 19.3. The number of hydrogen-bond donors (Lipinski definition) is 0. The lowest BCUT2D eigenvalue weighted by atomic mass is 9.99. The summed E-state index contributed by atoms with van der Waals surface area (Å²) in [6.45, 7) is 3.20. The lowest BCUT2D eigenvalue weighted by Gasteiger charge is -2.35. The summed E-state index contributed by atoms with van der Waals surface area (Å²) in [5.74, 6) is 1.04. The van der Waals surface area contributed by atoms with Gasteiger partial charge in [-0.15, -0.1) is 11.6 Å². The molecule has 0 saturated carbocycles. The first kappa shape index (κ1) is 17.8. The number of amides is 1. The van der Waals surface area contributed by atoms with Crippen LogP contribution in [0.25, 0.3) is 0 Å². The molecule has 118 valence electrons. The zero-order valence-electron chi connectivity index (χ0n) is 13.2. The molecule has 1 atom stereocenters. The van der Waals surface area contributed by atoms with Crippen molar-refractivity contribution in [2.45, 2.75) is 90.0 Å². The van der Waals surface area contributed by atoms with E-state index in [4.69, 9.17) is 11.6 Å². The van der Waals surface area contributed by atoms with Crippen LogP contribution in [0.3, 0.4) is 0 Å². The molecule has 0 aromatic heterocycles. The van der Waals surface area contributed by atoms with Crippen LogP contribution in [0.15, 0.2) is 0 Å². The Labute approximate surface area is 130 Å². The maximum atomic E-state index is 12.3. The van der Waals surface area contributed by atoms with Crippen LogP contribution < -0.4 is 0 Å². The minimum atomic E-state index is 0.369. The molecule has 0 bridgehead atoms. The Bertz CT molecular complexity index is 255. The van der Waals surface area contributed by atoms with E-state index in [1.165, 1.54) is 51.4 Å². The monoisotopic (exact) mass is 301 g/mol. The molecule has 1 heterocycles. The highest BCUT2D eigenvalue weighted by atomic mass is 35.5. The third-order valence-electron chi connectivity index (χ3n) is 4.38. The van der Waals surface area contributed by atoms with Gasteiger partial charge in [-0.25, -0.2) is 0 Å². The minimum absolute atomic E-state index is 0.369. The van der Waals surface area contributed by atoms with Crippen LogP contribution in [0.5, 0.6) is 0 Å². The molecule has 0 aliphatic carbocycles. The molecule has 0 radical (unpaired) electrons. The van der Waals surface area contributed by atoms with E-state index in [2.05, 4.69) is 11.8 Å². The fraction of sp³-hybridized carbons (Fsp3) is 0.941. The van der Waals surface area contributed by atoms with Gasteiger partial charge < -0.3 is 4.90 Å². The molecule has 1 fully saturated rings. The predicted octanol–water partition coefficient (Wildman–Crippen LogP) is 5.14. The van der Waals surface area contributed by atoms with Gasteiger partial charge in [0.15, 0.2) is 0 Å². The van der Waals surface area contributed by atoms with Gasteiger partial charge >= 0.3 is 0 Å². The van der Waals surface area contributed by atoms with Gasteiger partial charge in [0, 0.05) is 24.9 Å². The van der Waals surface area contributed by atoms with Crippen LogP contribution in [0.1, 0.15) is 84.0 Å². The fourth-order valence-electron chi connectivity index (χ4n) is 3.13. The van der Waals surface area contributed by atoms with Crippen molar-refractivity contribution in [1.29, 1.82) is 0 Å². The number of carbonyl (C=O) groups is 1. The second kappa shape index (κ2) is 11.4. The third kappa shape index (κ3) is 6.97. The highest BCUT2D eigenvalue weighted by Crippen LogP contribution is 2.21. The van der Waals surface area contributed by atoms with Gasteiger partial charge in [0.1, 0.15) is 0 Å². The summed E-state index contributed by atoms with van der Waals surface area (Å²) in [5.41, 5.74) is 0. The number of rotatable bonds is 10. The molecule has 1 rings (SSSR count). The Balaban J connectivity index is 2.13. The first-order chi connectivity index (χ1) is 9.79. The number of likely N-dealkylation sites (tertiary alicyclic amines) is 1. The van der Waals surface area contributed by atoms with E-state index in [0.29, 0.717) is 17.8 Å². The van der Waals surface area contributed by atoms with Gasteiger partial charge in [-0.3, -0.25) is 4.79 Å². The van der Waals surface area contributed by atoms with E-state index in [-0.39, 0.29) is 0 Å². The molecule has 1 aliphatic rings. The van der Waals surface area contributed by atoms with Crippen molar-refractivity contribution in [1.82, 2.24) is 4.90 Å². The second-order valence-corrected chi connectivity index (χ2v) is 6.46. The molecule has 2 nitrogen and oxygen atoms in total. The van der Waals surface area contributed by atoms with Crippen LogP contribution in [-0.4, -0.2) is 29.3 Å². The summed E-state index contributed by atoms with van der Waals surface area (Å²) >= 11 is 5.85. The summed E-state index contributed by atoms with van der Waals surface area (Å²) in [7, 11) is 0. The van der Waals surface area contributed by atoms with Crippen molar-refractivity contribution >= 4 is 17.5 Å². The van der Waals surface area contributed by atoms with Crippen molar-refractivity contribution in [2.24, 2.45) is 0 Å². The largest absolute Gasteiger partial charge is 0.340 e. The van der Waals surface area contributed by atoms with Crippen LogP contribution in [0, 0.1) is 0 Å². The quantitative estimate of drug-likeness (QED) is 0.404. The van der Waals surface area contributed by atoms with Crippen molar-refractivity contribution in [2.75, 3.05) is 12.4 Å². The van der Waals surface area contributed by atoms with Gasteiger partial charge in [0.25, 0.3) is 0 Å². The lowest BCUT2D eigenvalue weighted by Crippen LogP contribution is -2.43. The average Bonchev–Trinajstić information content (AvgIpc) is 2.47. The molecular weight excluding hydrogens is 270 g/mol. The Hall–Kier alpha value is -0.240. The molecule has 20 heavy (non-hydrogen) atoms. The van der Waals surface area contributed by atoms with E-state index < -0.39 is 0 Å². The molecule has 1 amide bonds. The second-order valence-electron chi connectivity index (χ2n) is 6.09. The summed E-state index contributed by atoms with van der Waals surface area (Å²) in [4.78, 5) is 14.4. The van der Waals surface area contributed by atoms with E-state index in [9.17, 15) is 4.79 Å². The third-order valence-corrected chi connectivity index (χ3v) is 4.60. The lowest BCUT2D eigenvalue weighted by molar-refractivity contribution is -0.135. The molecule has 0 aromatic carbocycles. The Morgan fingerprint density at radius 1 is 1.10 bits per heavy atom. The number of unbranched alkanes of at least 4 members (excludes halogenated alkanes) is 6. The summed E-state index contributed by atoms with van der Waals surface area (Å²) in [6.07, 6.45) is 14.2. The van der Waals surface area contributed by atoms with Crippen molar-refractivity contribution in [3.05, 3.63) is 0 Å². The number of alkyl halides is 1. The van der Waals surface area contributed by atoms with E-state index >= 15 is 0 Å². The zero-order valence-corrected chi connectivity index (χ0v) is 14.0. The first-order valence-electron chi connectivity index (χ1n) is 8.65.